The van der Waals surface area contributed by atoms with E-state index in [1.165, 1.54) is 14.2 Å². The summed E-state index contributed by atoms with van der Waals surface area (Å²) in [5, 5.41) is 0. The molecule has 0 N–H and O–H groups in total. The molecule has 9 heteroatoms. The molecule has 3 aromatic rings. The van der Waals surface area contributed by atoms with Gasteiger partial charge in [0, 0.05) is 19.5 Å². The Bertz CT molecular complexity index is 1050. The summed E-state index contributed by atoms with van der Waals surface area (Å²) in [4.78, 5) is 30.3. The highest BCUT2D eigenvalue weighted by atomic mass is 16.5. The number of hydrogen-bond donors (Lipinski definition) is 0. The molecule has 148 valence electrons. The number of methoxy groups -OCH3 is 3. The highest BCUT2D eigenvalue weighted by molar-refractivity contribution is 5.90. The second-order valence-electron chi connectivity index (χ2n) is 6.20. The van der Waals surface area contributed by atoms with E-state index in [0.29, 0.717) is 40.5 Å². The predicted molar refractivity (Wildman–Crippen MR) is 104 cm³/mol. The summed E-state index contributed by atoms with van der Waals surface area (Å²) in [7, 11) is 4.61. The maximum Gasteiger partial charge on any atom is 0.319 e. The summed E-state index contributed by atoms with van der Waals surface area (Å²) in [5.74, 6) is 0.313. The fraction of sp³-hybridized carbons (Fsp3) is 0.421. The van der Waals surface area contributed by atoms with E-state index < -0.39 is 0 Å². The van der Waals surface area contributed by atoms with E-state index >= 15 is 0 Å². The van der Waals surface area contributed by atoms with Crippen molar-refractivity contribution in [2.75, 3.05) is 27.9 Å². The lowest BCUT2D eigenvalue weighted by Crippen LogP contribution is -2.30. The number of aryl methyl sites for hydroxylation is 1. The third-order valence-corrected chi connectivity index (χ3v) is 4.53. The quantitative estimate of drug-likeness (QED) is 0.610. The van der Waals surface area contributed by atoms with Crippen molar-refractivity contribution in [3.63, 3.8) is 0 Å². The van der Waals surface area contributed by atoms with Gasteiger partial charge in [0.2, 0.25) is 5.88 Å². The van der Waals surface area contributed by atoms with Gasteiger partial charge >= 0.3 is 6.01 Å². The van der Waals surface area contributed by atoms with Crippen LogP contribution in [0.4, 0.5) is 0 Å². The second kappa shape index (κ2) is 8.30. The van der Waals surface area contributed by atoms with Crippen molar-refractivity contribution < 1.29 is 14.2 Å². The largest absolute Gasteiger partial charge is 0.480 e. The van der Waals surface area contributed by atoms with Crippen molar-refractivity contribution in [1.29, 1.82) is 0 Å². The van der Waals surface area contributed by atoms with Crippen LogP contribution in [0.2, 0.25) is 0 Å². The maximum absolute atomic E-state index is 12.9. The standard InChI is InChI=1S/C19H23N5O4/c1-6-12(10-26-3)24-14-7-8-20-15(16(14)22-11(2)18(24)25)13-9-21-19(28-5)23-17(13)27-4/h7-9,12H,6,10H2,1-5H3/t12-/m1/s1. The van der Waals surface area contributed by atoms with E-state index in [4.69, 9.17) is 14.2 Å². The molecule has 1 atom stereocenters. The van der Waals surface area contributed by atoms with Gasteiger partial charge in [0.25, 0.3) is 5.56 Å². The van der Waals surface area contributed by atoms with Gasteiger partial charge in [-0.1, -0.05) is 6.92 Å². The van der Waals surface area contributed by atoms with E-state index in [1.54, 1.807) is 37.1 Å². The highest BCUT2D eigenvalue weighted by Gasteiger charge is 2.21. The first-order valence-corrected chi connectivity index (χ1v) is 8.87. The predicted octanol–water partition coefficient (Wildman–Crippen LogP) is 2.17. The number of aromatic nitrogens is 5. The van der Waals surface area contributed by atoms with E-state index in [0.717, 1.165) is 6.42 Å². The Morgan fingerprint density at radius 3 is 2.57 bits per heavy atom. The molecule has 9 nitrogen and oxygen atoms in total. The topological polar surface area (TPSA) is 101 Å². The Kier molecular flexibility index (Phi) is 5.84. The molecule has 0 saturated carbocycles. The highest BCUT2D eigenvalue weighted by Crippen LogP contribution is 2.32. The van der Waals surface area contributed by atoms with E-state index in [9.17, 15) is 4.79 Å². The van der Waals surface area contributed by atoms with E-state index in [2.05, 4.69) is 19.9 Å². The SMILES string of the molecule is CC[C@H](COC)n1c(=O)c(C)nc2c(-c3cnc(OC)nc3OC)nccc21. The van der Waals surface area contributed by atoms with Crippen LogP contribution in [0.15, 0.2) is 23.3 Å². The Morgan fingerprint density at radius 2 is 1.93 bits per heavy atom. The Hall–Kier alpha value is -3.07. The number of rotatable bonds is 7. The van der Waals surface area contributed by atoms with Crippen LogP contribution in [0.3, 0.4) is 0 Å². The Labute approximate surface area is 162 Å². The van der Waals surface area contributed by atoms with Crippen molar-refractivity contribution >= 4 is 11.0 Å². The molecule has 0 unspecified atom stereocenters. The van der Waals surface area contributed by atoms with Crippen molar-refractivity contribution in [2.24, 2.45) is 0 Å². The molecule has 0 bridgehead atoms. The van der Waals surface area contributed by atoms with Gasteiger partial charge in [-0.2, -0.15) is 4.98 Å². The third kappa shape index (κ3) is 3.40. The summed E-state index contributed by atoms with van der Waals surface area (Å²) >= 11 is 0. The summed E-state index contributed by atoms with van der Waals surface area (Å²) in [6, 6.07) is 1.85. The molecule has 3 heterocycles. The van der Waals surface area contributed by atoms with Gasteiger partial charge in [-0.05, 0) is 19.4 Å². The molecule has 0 aromatic carbocycles. The molecule has 0 aliphatic carbocycles. The average Bonchev–Trinajstić information content (AvgIpc) is 2.72. The lowest BCUT2D eigenvalue weighted by atomic mass is 10.1. The van der Waals surface area contributed by atoms with Gasteiger partial charge < -0.3 is 14.2 Å². The van der Waals surface area contributed by atoms with Crippen LogP contribution in [0.1, 0.15) is 25.1 Å². The van der Waals surface area contributed by atoms with Gasteiger partial charge in [0.1, 0.15) is 16.9 Å². The zero-order chi connectivity index (χ0) is 20.3. The lowest BCUT2D eigenvalue weighted by molar-refractivity contribution is 0.153. The lowest BCUT2D eigenvalue weighted by Gasteiger charge is -2.21. The van der Waals surface area contributed by atoms with Gasteiger partial charge in [-0.15, -0.1) is 0 Å². The first kappa shape index (κ1) is 19.7. The Balaban J connectivity index is 2.33. The zero-order valence-electron chi connectivity index (χ0n) is 16.6. The Morgan fingerprint density at radius 1 is 1.14 bits per heavy atom. The summed E-state index contributed by atoms with van der Waals surface area (Å²) in [6.07, 6.45) is 3.94. The van der Waals surface area contributed by atoms with Crippen LogP contribution in [-0.4, -0.2) is 52.4 Å². The molecular weight excluding hydrogens is 362 g/mol. The fourth-order valence-corrected chi connectivity index (χ4v) is 3.14. The first-order chi connectivity index (χ1) is 13.5. The third-order valence-electron chi connectivity index (χ3n) is 4.53. The number of fused-ring (bicyclic) bond motifs is 1. The van der Waals surface area contributed by atoms with Crippen molar-refractivity contribution in [3.8, 4) is 23.1 Å². The van der Waals surface area contributed by atoms with Gasteiger partial charge in [-0.25, -0.2) is 9.97 Å². The van der Waals surface area contributed by atoms with Crippen molar-refractivity contribution in [2.45, 2.75) is 26.3 Å². The first-order valence-electron chi connectivity index (χ1n) is 8.87. The number of hydrogen-bond acceptors (Lipinski definition) is 8. The molecule has 28 heavy (non-hydrogen) atoms. The zero-order valence-corrected chi connectivity index (χ0v) is 16.6. The van der Waals surface area contributed by atoms with Gasteiger partial charge in [-0.3, -0.25) is 14.3 Å². The molecule has 0 saturated heterocycles. The molecule has 0 spiro atoms. The molecule has 3 rings (SSSR count). The van der Waals surface area contributed by atoms with Crippen LogP contribution in [0.25, 0.3) is 22.3 Å². The summed E-state index contributed by atoms with van der Waals surface area (Å²) in [5.41, 5.74) is 2.56. The average molecular weight is 385 g/mol. The van der Waals surface area contributed by atoms with Crippen molar-refractivity contribution in [3.05, 3.63) is 34.5 Å². The normalized spacial score (nSPS) is 12.2. The summed E-state index contributed by atoms with van der Waals surface area (Å²) < 4.78 is 17.5. The molecule has 0 amide bonds. The van der Waals surface area contributed by atoms with Crippen LogP contribution >= 0.6 is 0 Å². The number of ether oxygens (including phenoxy) is 3. The smallest absolute Gasteiger partial charge is 0.319 e. The monoisotopic (exact) mass is 385 g/mol. The molecule has 0 radical (unpaired) electrons. The van der Waals surface area contributed by atoms with Crippen molar-refractivity contribution in [1.82, 2.24) is 24.5 Å². The van der Waals surface area contributed by atoms with Crippen LogP contribution in [0.5, 0.6) is 11.9 Å². The molecule has 0 fully saturated rings. The molecular formula is C19H23N5O4. The second-order valence-corrected chi connectivity index (χ2v) is 6.20. The molecule has 0 aliphatic heterocycles. The minimum atomic E-state index is -0.147. The maximum atomic E-state index is 12.9. The van der Waals surface area contributed by atoms with Gasteiger partial charge in [0.15, 0.2) is 0 Å². The minimum Gasteiger partial charge on any atom is -0.480 e. The summed E-state index contributed by atoms with van der Waals surface area (Å²) in [6.45, 7) is 4.12. The van der Waals surface area contributed by atoms with Gasteiger partial charge in [0.05, 0.1) is 37.9 Å². The minimum absolute atomic E-state index is 0.119. The fourth-order valence-electron chi connectivity index (χ4n) is 3.14. The number of nitrogens with zero attached hydrogens (tertiary/aromatic N) is 5. The van der Waals surface area contributed by atoms with E-state index in [-0.39, 0.29) is 17.6 Å². The molecule has 3 aromatic heterocycles. The van der Waals surface area contributed by atoms with E-state index in [1.807, 2.05) is 6.92 Å². The number of pyridine rings is 1. The molecule has 0 aliphatic rings. The van der Waals surface area contributed by atoms with Crippen LogP contribution in [-0.2, 0) is 4.74 Å². The van der Waals surface area contributed by atoms with Crippen LogP contribution in [0, 0.1) is 6.92 Å². The van der Waals surface area contributed by atoms with Crippen LogP contribution < -0.4 is 15.0 Å².